The van der Waals surface area contributed by atoms with E-state index in [2.05, 4.69) is 43.1 Å². The number of benzene rings is 1. The molecule has 2 aromatic rings. The summed E-state index contributed by atoms with van der Waals surface area (Å²) in [4.78, 5) is 11.0. The molecule has 2 atom stereocenters. The standard InChI is InChI=1S/C15H21N3O2/c1-8(2)12-9(3)6-5-7-11(12)10(4)13(16)14-17-18-15(19)20-14/h5-8,10,13H,16H2,1-4H3,(H,18,19). The van der Waals surface area contributed by atoms with Crippen molar-refractivity contribution in [3.05, 3.63) is 51.3 Å². The SMILES string of the molecule is Cc1cccc(C(C)C(N)c2n[nH]c(=O)o2)c1C(C)C. The summed E-state index contributed by atoms with van der Waals surface area (Å²) in [5.74, 6) is 0.0977. The van der Waals surface area contributed by atoms with Crippen LogP contribution in [0.1, 0.15) is 61.2 Å². The van der Waals surface area contributed by atoms with E-state index in [4.69, 9.17) is 10.2 Å². The van der Waals surface area contributed by atoms with Gasteiger partial charge in [0.05, 0.1) is 6.04 Å². The van der Waals surface area contributed by atoms with Crippen molar-refractivity contribution >= 4 is 0 Å². The Balaban J connectivity index is 2.41. The molecule has 0 radical (unpaired) electrons. The molecule has 0 saturated carbocycles. The molecule has 0 fully saturated rings. The molecule has 5 heteroatoms. The van der Waals surface area contributed by atoms with Crippen LogP contribution in [0.3, 0.4) is 0 Å². The summed E-state index contributed by atoms with van der Waals surface area (Å²) in [6.07, 6.45) is 0. The molecule has 20 heavy (non-hydrogen) atoms. The van der Waals surface area contributed by atoms with Crippen molar-refractivity contribution in [3.8, 4) is 0 Å². The van der Waals surface area contributed by atoms with E-state index < -0.39 is 11.8 Å². The fourth-order valence-corrected chi connectivity index (χ4v) is 2.68. The highest BCUT2D eigenvalue weighted by Crippen LogP contribution is 2.34. The maximum Gasteiger partial charge on any atom is 0.434 e. The fraction of sp³-hybridized carbons (Fsp3) is 0.467. The fourth-order valence-electron chi connectivity index (χ4n) is 2.68. The molecule has 0 saturated heterocycles. The van der Waals surface area contributed by atoms with E-state index in [1.165, 1.54) is 16.7 Å². The van der Waals surface area contributed by atoms with E-state index in [1.807, 2.05) is 13.0 Å². The molecular weight excluding hydrogens is 254 g/mol. The molecule has 2 rings (SSSR count). The number of hydrogen-bond donors (Lipinski definition) is 2. The van der Waals surface area contributed by atoms with Crippen molar-refractivity contribution in [3.63, 3.8) is 0 Å². The van der Waals surface area contributed by atoms with Gasteiger partial charge in [0.25, 0.3) is 0 Å². The first kappa shape index (κ1) is 14.5. The summed E-state index contributed by atoms with van der Waals surface area (Å²) < 4.78 is 4.97. The van der Waals surface area contributed by atoms with Crippen LogP contribution >= 0.6 is 0 Å². The van der Waals surface area contributed by atoms with E-state index in [0.717, 1.165) is 0 Å². The van der Waals surface area contributed by atoms with Crippen molar-refractivity contribution < 1.29 is 4.42 Å². The van der Waals surface area contributed by atoms with Gasteiger partial charge in [-0.3, -0.25) is 0 Å². The molecule has 3 N–H and O–H groups in total. The zero-order chi connectivity index (χ0) is 14.9. The van der Waals surface area contributed by atoms with Gasteiger partial charge in [0, 0.05) is 5.92 Å². The highest BCUT2D eigenvalue weighted by atomic mass is 16.4. The lowest BCUT2D eigenvalue weighted by Crippen LogP contribution is -2.20. The van der Waals surface area contributed by atoms with Crippen LogP contribution in [0.5, 0.6) is 0 Å². The average Bonchev–Trinajstić information content (AvgIpc) is 2.83. The first-order chi connectivity index (χ1) is 9.41. The van der Waals surface area contributed by atoms with Crippen LogP contribution in [0.25, 0.3) is 0 Å². The maximum absolute atomic E-state index is 11.0. The van der Waals surface area contributed by atoms with Crippen LogP contribution in [-0.4, -0.2) is 10.2 Å². The zero-order valence-corrected chi connectivity index (χ0v) is 12.3. The molecule has 1 aromatic heterocycles. The third-order valence-corrected chi connectivity index (χ3v) is 3.70. The second-order valence-corrected chi connectivity index (χ2v) is 5.50. The molecule has 0 bridgehead atoms. The second kappa shape index (κ2) is 5.63. The quantitative estimate of drug-likeness (QED) is 0.898. The van der Waals surface area contributed by atoms with E-state index in [0.29, 0.717) is 5.92 Å². The van der Waals surface area contributed by atoms with Crippen LogP contribution < -0.4 is 11.5 Å². The minimum Gasteiger partial charge on any atom is -0.391 e. The summed E-state index contributed by atoms with van der Waals surface area (Å²) in [5, 5.41) is 6.08. The Labute approximate surface area is 118 Å². The topological polar surface area (TPSA) is 84.9 Å². The third-order valence-electron chi connectivity index (χ3n) is 3.70. The molecule has 0 aliphatic carbocycles. The number of nitrogens with zero attached hydrogens (tertiary/aromatic N) is 1. The number of aromatic amines is 1. The number of hydrogen-bond acceptors (Lipinski definition) is 4. The number of nitrogens with two attached hydrogens (primary N) is 1. The lowest BCUT2D eigenvalue weighted by molar-refractivity contribution is 0.400. The smallest absolute Gasteiger partial charge is 0.391 e. The molecule has 0 aliphatic rings. The molecule has 0 aliphatic heterocycles. The van der Waals surface area contributed by atoms with E-state index in [-0.39, 0.29) is 11.8 Å². The van der Waals surface area contributed by atoms with Crippen molar-refractivity contribution in [1.82, 2.24) is 10.2 Å². The molecule has 5 nitrogen and oxygen atoms in total. The van der Waals surface area contributed by atoms with Crippen LogP contribution in [0.4, 0.5) is 0 Å². The lowest BCUT2D eigenvalue weighted by Gasteiger charge is -2.23. The van der Waals surface area contributed by atoms with Gasteiger partial charge in [0.2, 0.25) is 5.89 Å². The second-order valence-electron chi connectivity index (χ2n) is 5.50. The van der Waals surface area contributed by atoms with E-state index >= 15 is 0 Å². The van der Waals surface area contributed by atoms with Crippen LogP contribution in [0.2, 0.25) is 0 Å². The molecule has 1 aromatic carbocycles. The Morgan fingerprint density at radius 3 is 2.55 bits per heavy atom. The minimum atomic E-state index is -0.573. The van der Waals surface area contributed by atoms with Gasteiger partial charge in [0.1, 0.15) is 0 Å². The van der Waals surface area contributed by atoms with Crippen molar-refractivity contribution in [2.24, 2.45) is 5.73 Å². The van der Waals surface area contributed by atoms with Gasteiger partial charge in [-0.2, -0.15) is 0 Å². The predicted molar refractivity (Wildman–Crippen MR) is 77.7 cm³/mol. The van der Waals surface area contributed by atoms with Gasteiger partial charge in [-0.05, 0) is 29.5 Å². The molecule has 108 valence electrons. The number of aromatic nitrogens is 2. The van der Waals surface area contributed by atoms with Gasteiger partial charge in [0.15, 0.2) is 0 Å². The zero-order valence-electron chi connectivity index (χ0n) is 12.3. The van der Waals surface area contributed by atoms with Gasteiger partial charge in [-0.25, -0.2) is 9.89 Å². The monoisotopic (exact) mass is 275 g/mol. The minimum absolute atomic E-state index is 0.0127. The molecular formula is C15H21N3O2. The Kier molecular flexibility index (Phi) is 4.09. The Morgan fingerprint density at radius 1 is 1.30 bits per heavy atom. The number of rotatable bonds is 4. The summed E-state index contributed by atoms with van der Waals surface area (Å²) >= 11 is 0. The molecule has 1 heterocycles. The Hall–Kier alpha value is -1.88. The van der Waals surface area contributed by atoms with Gasteiger partial charge >= 0.3 is 5.76 Å². The highest BCUT2D eigenvalue weighted by Gasteiger charge is 2.24. The molecule has 0 amide bonds. The maximum atomic E-state index is 11.0. The number of aryl methyl sites for hydroxylation is 1. The van der Waals surface area contributed by atoms with Crippen molar-refractivity contribution in [2.75, 3.05) is 0 Å². The number of H-pyrrole nitrogens is 1. The van der Waals surface area contributed by atoms with Crippen LogP contribution in [0.15, 0.2) is 27.4 Å². The van der Waals surface area contributed by atoms with E-state index in [1.54, 1.807) is 0 Å². The molecule has 0 spiro atoms. The third kappa shape index (κ3) is 2.67. The summed E-state index contributed by atoms with van der Waals surface area (Å²) in [6, 6.07) is 5.76. The van der Waals surface area contributed by atoms with Gasteiger partial charge in [-0.15, -0.1) is 5.10 Å². The van der Waals surface area contributed by atoms with Gasteiger partial charge in [-0.1, -0.05) is 39.0 Å². The van der Waals surface area contributed by atoms with Crippen LogP contribution in [-0.2, 0) is 0 Å². The largest absolute Gasteiger partial charge is 0.434 e. The lowest BCUT2D eigenvalue weighted by atomic mass is 9.84. The summed E-state index contributed by atoms with van der Waals surface area (Å²) in [6.45, 7) is 8.46. The predicted octanol–water partition coefficient (Wildman–Crippen LogP) is 2.60. The Bertz CT molecular complexity index is 643. The van der Waals surface area contributed by atoms with E-state index in [9.17, 15) is 4.79 Å². The summed E-state index contributed by atoms with van der Waals surface area (Å²) in [7, 11) is 0. The number of nitrogens with one attached hydrogen (secondary N) is 1. The first-order valence-electron chi connectivity index (χ1n) is 6.82. The van der Waals surface area contributed by atoms with Crippen molar-refractivity contribution in [1.29, 1.82) is 0 Å². The first-order valence-corrected chi connectivity index (χ1v) is 6.82. The molecule has 2 unspecified atom stereocenters. The highest BCUT2D eigenvalue weighted by molar-refractivity contribution is 5.39. The van der Waals surface area contributed by atoms with Gasteiger partial charge < -0.3 is 10.2 Å². The van der Waals surface area contributed by atoms with Crippen LogP contribution in [0, 0.1) is 6.92 Å². The Morgan fingerprint density at radius 2 is 2.00 bits per heavy atom. The average molecular weight is 275 g/mol. The van der Waals surface area contributed by atoms with Crippen molar-refractivity contribution in [2.45, 2.75) is 45.6 Å². The normalized spacial score (nSPS) is 14.5. The summed E-state index contributed by atoms with van der Waals surface area (Å²) in [5.41, 5.74) is 9.92.